The monoisotopic (exact) mass is 234 g/mol. The molecule has 17 heavy (non-hydrogen) atoms. The molecule has 2 aromatic heterocycles. The third kappa shape index (κ3) is 1.75. The summed E-state index contributed by atoms with van der Waals surface area (Å²) in [6.07, 6.45) is 3.52. The fourth-order valence-corrected chi connectivity index (χ4v) is 1.93. The van der Waals surface area contributed by atoms with Crippen LogP contribution in [0.5, 0.6) is 0 Å². The summed E-state index contributed by atoms with van der Waals surface area (Å²) in [7, 11) is 1.89. The first-order valence-corrected chi connectivity index (χ1v) is 5.73. The van der Waals surface area contributed by atoms with Crippen LogP contribution < -0.4 is 11.6 Å². The highest BCUT2D eigenvalue weighted by Gasteiger charge is 2.18. The van der Waals surface area contributed by atoms with Crippen LogP contribution in [0.1, 0.15) is 25.4 Å². The third-order valence-corrected chi connectivity index (χ3v) is 2.83. The highest BCUT2D eigenvalue weighted by atomic mass is 15.4. The lowest BCUT2D eigenvalue weighted by molar-refractivity contribution is 0.746. The standard InChI is InChI=1S/C11H18N6/c1-4-8-7(6-16(3)15-8)10-11(12)17(13)9(5-2)14-10/h6H,4-5,12-13H2,1-3H3. The number of aromatic nitrogens is 4. The molecule has 2 heterocycles. The van der Waals surface area contributed by atoms with Gasteiger partial charge in [-0.25, -0.2) is 9.66 Å². The summed E-state index contributed by atoms with van der Waals surface area (Å²) in [5.41, 5.74) is 8.66. The Kier molecular flexibility index (Phi) is 2.79. The largest absolute Gasteiger partial charge is 0.382 e. The minimum atomic E-state index is 0.490. The van der Waals surface area contributed by atoms with E-state index in [0.717, 1.165) is 35.6 Å². The summed E-state index contributed by atoms with van der Waals surface area (Å²) in [5, 5.41) is 4.38. The molecular formula is C11H18N6. The molecule has 0 amide bonds. The smallest absolute Gasteiger partial charge is 0.150 e. The Labute approximate surface area is 100 Å². The Hall–Kier alpha value is -1.98. The fourth-order valence-electron chi connectivity index (χ4n) is 1.93. The van der Waals surface area contributed by atoms with Gasteiger partial charge in [0.25, 0.3) is 0 Å². The van der Waals surface area contributed by atoms with Crippen molar-refractivity contribution in [3.63, 3.8) is 0 Å². The first kappa shape index (κ1) is 11.5. The first-order chi connectivity index (χ1) is 8.08. The highest BCUT2D eigenvalue weighted by Crippen LogP contribution is 2.27. The van der Waals surface area contributed by atoms with E-state index >= 15 is 0 Å². The van der Waals surface area contributed by atoms with Gasteiger partial charge in [0.15, 0.2) is 5.82 Å². The fraction of sp³-hybridized carbons (Fsp3) is 0.455. The molecule has 2 rings (SSSR count). The van der Waals surface area contributed by atoms with Crippen LogP contribution >= 0.6 is 0 Å². The number of nitrogen functional groups attached to an aromatic ring is 2. The topological polar surface area (TPSA) is 87.7 Å². The highest BCUT2D eigenvalue weighted by molar-refractivity contribution is 5.72. The van der Waals surface area contributed by atoms with Gasteiger partial charge in [0.05, 0.1) is 5.69 Å². The summed E-state index contributed by atoms with van der Waals surface area (Å²) >= 11 is 0. The van der Waals surface area contributed by atoms with Gasteiger partial charge in [0, 0.05) is 25.2 Å². The van der Waals surface area contributed by atoms with Crippen LogP contribution in [-0.4, -0.2) is 19.4 Å². The summed E-state index contributed by atoms with van der Waals surface area (Å²) in [5.74, 6) is 7.12. The van der Waals surface area contributed by atoms with E-state index in [2.05, 4.69) is 17.0 Å². The van der Waals surface area contributed by atoms with Crippen LogP contribution in [-0.2, 0) is 19.9 Å². The molecule has 4 N–H and O–H groups in total. The van der Waals surface area contributed by atoms with Crippen LogP contribution in [0.25, 0.3) is 11.3 Å². The molecule has 92 valence electrons. The van der Waals surface area contributed by atoms with Gasteiger partial charge in [0.2, 0.25) is 0 Å². The Bertz CT molecular complexity index is 536. The van der Waals surface area contributed by atoms with Crippen molar-refractivity contribution in [1.82, 2.24) is 19.4 Å². The maximum absolute atomic E-state index is 5.98. The molecular weight excluding hydrogens is 216 g/mol. The van der Waals surface area contributed by atoms with Crippen LogP contribution in [0.4, 0.5) is 5.82 Å². The number of anilines is 1. The normalized spacial score (nSPS) is 11.0. The quantitative estimate of drug-likeness (QED) is 0.765. The minimum absolute atomic E-state index is 0.490. The molecule has 0 fully saturated rings. The number of nitrogens with zero attached hydrogens (tertiary/aromatic N) is 4. The van der Waals surface area contributed by atoms with Crippen molar-refractivity contribution in [2.45, 2.75) is 26.7 Å². The average molecular weight is 234 g/mol. The van der Waals surface area contributed by atoms with Crippen LogP contribution in [0.2, 0.25) is 0 Å². The van der Waals surface area contributed by atoms with E-state index in [4.69, 9.17) is 11.6 Å². The molecule has 6 nitrogen and oxygen atoms in total. The Balaban J connectivity index is 2.59. The second kappa shape index (κ2) is 4.12. The lowest BCUT2D eigenvalue weighted by atomic mass is 10.1. The maximum atomic E-state index is 5.98. The zero-order valence-corrected chi connectivity index (χ0v) is 10.4. The molecule has 0 radical (unpaired) electrons. The van der Waals surface area contributed by atoms with E-state index < -0.39 is 0 Å². The van der Waals surface area contributed by atoms with E-state index in [-0.39, 0.29) is 0 Å². The van der Waals surface area contributed by atoms with Crippen molar-refractivity contribution in [3.8, 4) is 11.3 Å². The van der Waals surface area contributed by atoms with E-state index in [9.17, 15) is 0 Å². The van der Waals surface area contributed by atoms with Crippen molar-refractivity contribution in [2.75, 3.05) is 11.6 Å². The number of nitrogens with two attached hydrogens (primary N) is 2. The van der Waals surface area contributed by atoms with Gasteiger partial charge in [-0.2, -0.15) is 5.10 Å². The second-order valence-corrected chi connectivity index (χ2v) is 4.00. The molecule has 6 heteroatoms. The van der Waals surface area contributed by atoms with Gasteiger partial charge in [-0.1, -0.05) is 13.8 Å². The summed E-state index contributed by atoms with van der Waals surface area (Å²) in [4.78, 5) is 4.48. The number of hydrogen-bond donors (Lipinski definition) is 2. The molecule has 0 spiro atoms. The maximum Gasteiger partial charge on any atom is 0.150 e. The van der Waals surface area contributed by atoms with Crippen molar-refractivity contribution in [1.29, 1.82) is 0 Å². The summed E-state index contributed by atoms with van der Waals surface area (Å²) in [6.45, 7) is 4.06. The molecule has 0 atom stereocenters. The number of hydrogen-bond acceptors (Lipinski definition) is 4. The van der Waals surface area contributed by atoms with E-state index in [1.807, 2.05) is 20.2 Å². The van der Waals surface area contributed by atoms with Gasteiger partial charge in [-0.15, -0.1) is 0 Å². The third-order valence-electron chi connectivity index (χ3n) is 2.83. The van der Waals surface area contributed by atoms with Gasteiger partial charge < -0.3 is 11.6 Å². The van der Waals surface area contributed by atoms with E-state index in [1.54, 1.807) is 4.68 Å². The van der Waals surface area contributed by atoms with Crippen molar-refractivity contribution in [2.24, 2.45) is 7.05 Å². The van der Waals surface area contributed by atoms with Crippen LogP contribution in [0, 0.1) is 0 Å². The number of rotatable bonds is 3. The van der Waals surface area contributed by atoms with Crippen molar-refractivity contribution in [3.05, 3.63) is 17.7 Å². The molecule has 0 aromatic carbocycles. The molecule has 0 saturated carbocycles. The van der Waals surface area contributed by atoms with Gasteiger partial charge in [-0.3, -0.25) is 4.68 Å². The van der Waals surface area contributed by atoms with E-state index in [0.29, 0.717) is 5.82 Å². The Morgan fingerprint density at radius 1 is 1.29 bits per heavy atom. The second-order valence-electron chi connectivity index (χ2n) is 4.00. The lowest BCUT2D eigenvalue weighted by Crippen LogP contribution is -2.14. The van der Waals surface area contributed by atoms with Gasteiger partial charge in [-0.05, 0) is 6.42 Å². The molecule has 0 aliphatic heterocycles. The zero-order valence-electron chi connectivity index (χ0n) is 10.4. The van der Waals surface area contributed by atoms with E-state index in [1.165, 1.54) is 4.68 Å². The molecule has 0 unspecified atom stereocenters. The number of imidazole rings is 1. The molecule has 0 aliphatic rings. The predicted molar refractivity (Wildman–Crippen MR) is 67.7 cm³/mol. The van der Waals surface area contributed by atoms with Crippen LogP contribution in [0.15, 0.2) is 6.20 Å². The SMILES string of the molecule is CCc1nn(C)cc1-c1nc(CC)n(N)c1N. The van der Waals surface area contributed by atoms with Crippen LogP contribution in [0.3, 0.4) is 0 Å². The lowest BCUT2D eigenvalue weighted by Gasteiger charge is -1.99. The van der Waals surface area contributed by atoms with Crippen molar-refractivity contribution < 1.29 is 0 Å². The first-order valence-electron chi connectivity index (χ1n) is 5.73. The Morgan fingerprint density at radius 3 is 2.53 bits per heavy atom. The van der Waals surface area contributed by atoms with Crippen molar-refractivity contribution >= 4 is 5.82 Å². The minimum Gasteiger partial charge on any atom is -0.382 e. The molecule has 0 bridgehead atoms. The summed E-state index contributed by atoms with van der Waals surface area (Å²) < 4.78 is 3.22. The van der Waals surface area contributed by atoms with Gasteiger partial charge in [0.1, 0.15) is 11.5 Å². The molecule has 0 saturated heterocycles. The predicted octanol–water partition coefficient (Wildman–Crippen LogP) is 0.704. The molecule has 0 aliphatic carbocycles. The number of aryl methyl sites for hydroxylation is 3. The molecule has 2 aromatic rings. The zero-order chi connectivity index (χ0) is 12.6. The summed E-state index contributed by atoms with van der Waals surface area (Å²) in [6, 6.07) is 0. The Morgan fingerprint density at radius 2 is 2.00 bits per heavy atom. The van der Waals surface area contributed by atoms with Gasteiger partial charge >= 0.3 is 0 Å². The average Bonchev–Trinajstić information content (AvgIpc) is 2.82.